The molecule has 0 aliphatic carbocycles. The van der Waals surface area contributed by atoms with Crippen LogP contribution >= 0.6 is 0 Å². The van der Waals surface area contributed by atoms with Crippen molar-refractivity contribution in [1.82, 2.24) is 0 Å². The summed E-state index contributed by atoms with van der Waals surface area (Å²) in [6.07, 6.45) is 11.1. The van der Waals surface area contributed by atoms with E-state index in [9.17, 15) is 13.2 Å². The van der Waals surface area contributed by atoms with Crippen molar-refractivity contribution in [2.75, 3.05) is 26.2 Å². The van der Waals surface area contributed by atoms with Crippen molar-refractivity contribution >= 4 is 10.1 Å². The number of halogens is 3. The van der Waals surface area contributed by atoms with Gasteiger partial charge in [0.15, 0.2) is 10.1 Å². The smallest absolute Gasteiger partial charge is 0.485 e. The van der Waals surface area contributed by atoms with Crippen LogP contribution in [0.2, 0.25) is 0 Å². The van der Waals surface area contributed by atoms with E-state index in [0.717, 1.165) is 0 Å². The second-order valence-electron chi connectivity index (χ2n) is 6.55. The van der Waals surface area contributed by atoms with Gasteiger partial charge in [0.25, 0.3) is 0 Å². The molecule has 0 aromatic heterocycles. The molecule has 4 nitrogen and oxygen atoms in total. The van der Waals surface area contributed by atoms with Crippen LogP contribution in [0.25, 0.3) is 0 Å². The molecule has 0 saturated carbocycles. The van der Waals surface area contributed by atoms with Crippen molar-refractivity contribution in [1.29, 1.82) is 0 Å². The molecule has 0 heterocycles. The molecular weight excluding hydrogens is 355 g/mol. The molecular formula is C17H36F3NO3S. The number of nitrogens with zero attached hydrogens (tertiary/aromatic N) is 1. The first-order valence-electron chi connectivity index (χ1n) is 9.36. The Morgan fingerprint density at radius 1 is 0.720 bits per heavy atom. The Morgan fingerprint density at radius 3 is 1.04 bits per heavy atom. The maximum absolute atomic E-state index is 10.7. The summed E-state index contributed by atoms with van der Waals surface area (Å²) >= 11 is 0. The van der Waals surface area contributed by atoms with Gasteiger partial charge >= 0.3 is 5.51 Å². The minimum Gasteiger partial charge on any atom is -0.741 e. The van der Waals surface area contributed by atoms with Gasteiger partial charge in [0.1, 0.15) is 0 Å². The molecule has 0 unspecified atom stereocenters. The number of unbranched alkanes of at least 4 members (excludes halogenated alkanes) is 4. The molecule has 8 heteroatoms. The largest absolute Gasteiger partial charge is 0.741 e. The molecule has 0 aromatic rings. The van der Waals surface area contributed by atoms with Crippen LogP contribution in [0.3, 0.4) is 0 Å². The van der Waals surface area contributed by atoms with Gasteiger partial charge < -0.3 is 9.04 Å². The maximum atomic E-state index is 10.7. The molecule has 0 amide bonds. The van der Waals surface area contributed by atoms with Gasteiger partial charge in [-0.15, -0.1) is 0 Å². The number of rotatable bonds is 12. The average Bonchev–Trinajstić information content (AvgIpc) is 2.52. The minimum atomic E-state index is -6.09. The molecule has 0 aliphatic heterocycles. The lowest BCUT2D eigenvalue weighted by Crippen LogP contribution is -2.50. The average molecular weight is 392 g/mol. The SMILES string of the molecule is CCCC[N+](CCCC)(CCCC)CCCC.O=S(=O)([O-])C(F)(F)F. The number of hydrogen-bond donors (Lipinski definition) is 0. The minimum absolute atomic E-state index is 1.35. The normalized spacial score (nSPS) is 12.6. The van der Waals surface area contributed by atoms with Crippen molar-refractivity contribution in [3.63, 3.8) is 0 Å². The molecule has 0 fully saturated rings. The Morgan fingerprint density at radius 2 is 0.920 bits per heavy atom. The van der Waals surface area contributed by atoms with Gasteiger partial charge in [0.2, 0.25) is 0 Å². The predicted octanol–water partition coefficient (Wildman–Crippen LogP) is 5.06. The maximum Gasteiger partial charge on any atom is 0.485 e. The lowest BCUT2D eigenvalue weighted by molar-refractivity contribution is -0.929. The van der Waals surface area contributed by atoms with Gasteiger partial charge in [-0.25, -0.2) is 8.42 Å². The third-order valence-electron chi connectivity index (χ3n) is 4.23. The third kappa shape index (κ3) is 13.5. The van der Waals surface area contributed by atoms with Crippen LogP contribution < -0.4 is 0 Å². The Labute approximate surface area is 152 Å². The molecule has 154 valence electrons. The van der Waals surface area contributed by atoms with Crippen molar-refractivity contribution in [3.8, 4) is 0 Å². The van der Waals surface area contributed by atoms with Gasteiger partial charge in [0.05, 0.1) is 26.2 Å². The second-order valence-corrected chi connectivity index (χ2v) is 7.92. The third-order valence-corrected chi connectivity index (χ3v) is 4.79. The van der Waals surface area contributed by atoms with Crippen LogP contribution in [0.15, 0.2) is 0 Å². The first kappa shape index (κ1) is 26.9. The summed E-state index contributed by atoms with van der Waals surface area (Å²) in [5.41, 5.74) is -5.65. The molecule has 0 radical (unpaired) electrons. The Kier molecular flexibility index (Phi) is 14.9. The van der Waals surface area contributed by atoms with Gasteiger partial charge in [-0.2, -0.15) is 13.2 Å². The first-order valence-corrected chi connectivity index (χ1v) is 10.8. The molecule has 0 rings (SSSR count). The lowest BCUT2D eigenvalue weighted by Gasteiger charge is -2.39. The molecule has 0 N–H and O–H groups in total. The zero-order valence-electron chi connectivity index (χ0n) is 16.2. The summed E-state index contributed by atoms with van der Waals surface area (Å²) in [4.78, 5) is 0. The van der Waals surface area contributed by atoms with Crippen LogP contribution in [0.4, 0.5) is 13.2 Å². The molecule has 0 saturated heterocycles. The number of hydrogen-bond acceptors (Lipinski definition) is 3. The zero-order chi connectivity index (χ0) is 20.0. The summed E-state index contributed by atoms with van der Waals surface area (Å²) in [6.45, 7) is 15.0. The van der Waals surface area contributed by atoms with Gasteiger partial charge in [0, 0.05) is 0 Å². The fourth-order valence-electron chi connectivity index (χ4n) is 2.64. The van der Waals surface area contributed by atoms with Crippen LogP contribution in [0.5, 0.6) is 0 Å². The van der Waals surface area contributed by atoms with Crippen LogP contribution in [-0.4, -0.2) is 49.1 Å². The standard InChI is InChI=1S/C16H36N.CHF3O3S/c1-5-9-13-17(14-10-6-2,15-11-7-3)16-12-8-4;2-1(3,4)8(5,6)7/h5-16H2,1-4H3;(H,5,6,7)/q+1;/p-1. The summed E-state index contributed by atoms with van der Waals surface area (Å²) in [6, 6.07) is 0. The van der Waals surface area contributed by atoms with E-state index in [-0.39, 0.29) is 0 Å². The van der Waals surface area contributed by atoms with Crippen molar-refractivity contribution in [2.45, 2.75) is 84.6 Å². The fraction of sp³-hybridized carbons (Fsp3) is 1.00. The Bertz CT molecular complexity index is 374. The second kappa shape index (κ2) is 13.8. The molecule has 0 atom stereocenters. The van der Waals surface area contributed by atoms with E-state index in [1.54, 1.807) is 0 Å². The van der Waals surface area contributed by atoms with E-state index in [0.29, 0.717) is 0 Å². The highest BCUT2D eigenvalue weighted by Gasteiger charge is 2.36. The molecule has 0 spiro atoms. The van der Waals surface area contributed by atoms with Crippen LogP contribution in [0.1, 0.15) is 79.1 Å². The Hall–Kier alpha value is -0.340. The highest BCUT2D eigenvalue weighted by Crippen LogP contribution is 2.20. The fourth-order valence-corrected chi connectivity index (χ4v) is 2.64. The predicted molar refractivity (Wildman–Crippen MR) is 95.1 cm³/mol. The highest BCUT2D eigenvalue weighted by molar-refractivity contribution is 7.86. The summed E-state index contributed by atoms with van der Waals surface area (Å²) in [5.74, 6) is 0. The van der Waals surface area contributed by atoms with Crippen LogP contribution in [-0.2, 0) is 10.1 Å². The van der Waals surface area contributed by atoms with E-state index < -0.39 is 15.6 Å². The van der Waals surface area contributed by atoms with E-state index in [1.807, 2.05) is 0 Å². The summed E-state index contributed by atoms with van der Waals surface area (Å²) in [7, 11) is -6.09. The number of alkyl halides is 3. The topological polar surface area (TPSA) is 57.2 Å². The zero-order valence-corrected chi connectivity index (χ0v) is 17.0. The number of quaternary nitrogens is 1. The van der Waals surface area contributed by atoms with Gasteiger partial charge in [-0.3, -0.25) is 0 Å². The Balaban J connectivity index is 0. The summed E-state index contributed by atoms with van der Waals surface area (Å²) < 4.78 is 60.3. The van der Waals surface area contributed by atoms with Crippen LogP contribution in [0, 0.1) is 0 Å². The summed E-state index contributed by atoms with van der Waals surface area (Å²) in [5, 5.41) is 0. The van der Waals surface area contributed by atoms with Gasteiger partial charge in [-0.1, -0.05) is 53.4 Å². The van der Waals surface area contributed by atoms with E-state index in [1.165, 1.54) is 82.0 Å². The van der Waals surface area contributed by atoms with Crippen molar-refractivity contribution in [3.05, 3.63) is 0 Å². The quantitative estimate of drug-likeness (QED) is 0.266. The molecule has 0 aromatic carbocycles. The highest BCUT2D eigenvalue weighted by atomic mass is 32.2. The lowest BCUT2D eigenvalue weighted by atomic mass is 10.1. The molecule has 25 heavy (non-hydrogen) atoms. The molecule has 0 bridgehead atoms. The van der Waals surface area contributed by atoms with E-state index in [2.05, 4.69) is 27.7 Å². The van der Waals surface area contributed by atoms with Gasteiger partial charge in [-0.05, 0) is 25.7 Å². The monoisotopic (exact) mass is 391 g/mol. The molecule has 0 aliphatic rings. The van der Waals surface area contributed by atoms with Crippen molar-refractivity contribution < 1.29 is 30.6 Å². The van der Waals surface area contributed by atoms with Crippen molar-refractivity contribution in [2.24, 2.45) is 0 Å². The van der Waals surface area contributed by atoms with E-state index in [4.69, 9.17) is 13.0 Å². The first-order chi connectivity index (χ1) is 11.5. The van der Waals surface area contributed by atoms with E-state index >= 15 is 0 Å².